The summed E-state index contributed by atoms with van der Waals surface area (Å²) in [5, 5.41) is 4.64. The number of rotatable bonds is 5. The van der Waals surface area contributed by atoms with E-state index in [1.807, 2.05) is 37.3 Å². The first-order chi connectivity index (χ1) is 13.4. The second kappa shape index (κ2) is 7.06. The third kappa shape index (κ3) is 3.47. The molecule has 2 aromatic heterocycles. The number of sulfonamides is 1. The van der Waals surface area contributed by atoms with Gasteiger partial charge in [-0.1, -0.05) is 35.5 Å². The average Bonchev–Trinajstić information content (AvgIpc) is 3.07. The van der Waals surface area contributed by atoms with Gasteiger partial charge in [0, 0.05) is 22.7 Å². The molecule has 4 rings (SSSR count). The number of H-pyrrole nitrogens is 1. The Kier molecular flexibility index (Phi) is 4.58. The van der Waals surface area contributed by atoms with Gasteiger partial charge in [-0.2, -0.15) is 0 Å². The van der Waals surface area contributed by atoms with E-state index in [1.165, 1.54) is 18.2 Å². The minimum Gasteiger partial charge on any atom is -0.356 e. The molecule has 0 aliphatic carbocycles. The molecule has 0 saturated carbocycles. The maximum atomic E-state index is 12.7. The first-order valence-electron chi connectivity index (χ1n) is 8.57. The fraction of sp³-hybridized carbons (Fsp3) is 0.100. The molecule has 0 spiro atoms. The van der Waals surface area contributed by atoms with Crippen molar-refractivity contribution >= 4 is 20.9 Å². The monoisotopic (exact) mass is 395 g/mol. The van der Waals surface area contributed by atoms with E-state index in [1.54, 1.807) is 12.1 Å². The lowest BCUT2D eigenvalue weighted by molar-refractivity contribution is 0.422. The van der Waals surface area contributed by atoms with E-state index in [-0.39, 0.29) is 17.0 Å². The topological polar surface area (TPSA) is 105 Å². The summed E-state index contributed by atoms with van der Waals surface area (Å²) in [5.74, 6) is 0.615. The quantitative estimate of drug-likeness (QED) is 0.540. The number of benzene rings is 2. The van der Waals surface area contributed by atoms with Crippen molar-refractivity contribution in [2.24, 2.45) is 0 Å². The first kappa shape index (κ1) is 18.1. The number of hydrogen-bond acceptors (Lipinski definition) is 5. The molecule has 142 valence electrons. The molecule has 2 aromatic carbocycles. The van der Waals surface area contributed by atoms with Crippen LogP contribution in [-0.4, -0.2) is 18.6 Å². The molecular weight excluding hydrogens is 378 g/mol. The third-order valence-electron chi connectivity index (χ3n) is 4.49. The van der Waals surface area contributed by atoms with Gasteiger partial charge in [-0.3, -0.25) is 4.79 Å². The van der Waals surface area contributed by atoms with Gasteiger partial charge in [-0.25, -0.2) is 13.1 Å². The van der Waals surface area contributed by atoms with Gasteiger partial charge >= 0.3 is 0 Å². The molecule has 0 atom stereocenters. The number of nitrogens with zero attached hydrogens (tertiary/aromatic N) is 1. The molecule has 0 bridgehead atoms. The van der Waals surface area contributed by atoms with E-state index >= 15 is 0 Å². The van der Waals surface area contributed by atoms with E-state index in [4.69, 9.17) is 4.52 Å². The molecule has 8 heteroatoms. The van der Waals surface area contributed by atoms with Crippen molar-refractivity contribution in [3.05, 3.63) is 82.3 Å². The van der Waals surface area contributed by atoms with E-state index < -0.39 is 10.0 Å². The average molecular weight is 395 g/mol. The van der Waals surface area contributed by atoms with Crippen LogP contribution in [0.1, 0.15) is 11.3 Å². The lowest BCUT2D eigenvalue weighted by Gasteiger charge is -2.07. The molecule has 0 aliphatic heterocycles. The van der Waals surface area contributed by atoms with Gasteiger partial charge in [0.2, 0.25) is 15.6 Å². The Morgan fingerprint density at radius 1 is 1.07 bits per heavy atom. The largest absolute Gasteiger partial charge is 0.356 e. The van der Waals surface area contributed by atoms with E-state index in [0.29, 0.717) is 22.4 Å². The van der Waals surface area contributed by atoms with Gasteiger partial charge in [-0.05, 0) is 36.6 Å². The van der Waals surface area contributed by atoms with Crippen LogP contribution in [0.15, 0.2) is 74.9 Å². The Morgan fingerprint density at radius 3 is 2.64 bits per heavy atom. The molecular formula is C20H17N3O4S. The molecule has 4 aromatic rings. The summed E-state index contributed by atoms with van der Waals surface area (Å²) in [6.45, 7) is 1.85. The maximum Gasteiger partial charge on any atom is 0.248 e. The number of pyridine rings is 1. The lowest BCUT2D eigenvalue weighted by Crippen LogP contribution is -2.23. The van der Waals surface area contributed by atoms with Crippen LogP contribution in [0.4, 0.5) is 0 Å². The second-order valence-electron chi connectivity index (χ2n) is 6.35. The summed E-state index contributed by atoms with van der Waals surface area (Å²) in [6, 6.07) is 17.0. The van der Waals surface area contributed by atoms with Crippen molar-refractivity contribution < 1.29 is 12.9 Å². The smallest absolute Gasteiger partial charge is 0.248 e. The van der Waals surface area contributed by atoms with Crippen molar-refractivity contribution in [3.63, 3.8) is 0 Å². The van der Waals surface area contributed by atoms with Crippen LogP contribution in [0.25, 0.3) is 22.2 Å². The lowest BCUT2D eigenvalue weighted by atomic mass is 10.1. The molecule has 0 unspecified atom stereocenters. The minimum atomic E-state index is -3.76. The zero-order valence-electron chi connectivity index (χ0n) is 15.0. The number of hydrogen-bond donors (Lipinski definition) is 2. The summed E-state index contributed by atoms with van der Waals surface area (Å²) >= 11 is 0. The number of nitrogens with one attached hydrogen (secondary N) is 2. The Bertz CT molecular complexity index is 1310. The van der Waals surface area contributed by atoms with Crippen molar-refractivity contribution in [3.8, 4) is 11.3 Å². The molecule has 0 radical (unpaired) electrons. The highest BCUT2D eigenvalue weighted by atomic mass is 32.2. The van der Waals surface area contributed by atoms with Crippen LogP contribution in [0.5, 0.6) is 0 Å². The van der Waals surface area contributed by atoms with E-state index in [9.17, 15) is 13.2 Å². The van der Waals surface area contributed by atoms with Gasteiger partial charge in [-0.15, -0.1) is 0 Å². The molecule has 28 heavy (non-hydrogen) atoms. The first-order valence-corrected chi connectivity index (χ1v) is 10.1. The fourth-order valence-electron chi connectivity index (χ4n) is 2.94. The van der Waals surface area contributed by atoms with Gasteiger partial charge in [0.25, 0.3) is 0 Å². The zero-order chi connectivity index (χ0) is 19.7. The standard InChI is InChI=1S/C20H17N3O4S/c1-13-18(23-27-20(13)14-5-3-2-4-6-14)12-21-28(25,26)16-8-9-17-15(11-16)7-10-19(24)22-17/h2-11,21H,12H2,1H3,(H,22,24). The molecule has 0 aliphatic rings. The van der Waals surface area contributed by atoms with Gasteiger partial charge in [0.15, 0.2) is 5.76 Å². The summed E-state index contributed by atoms with van der Waals surface area (Å²) in [6.07, 6.45) is 0. The fourth-order valence-corrected chi connectivity index (χ4v) is 3.96. The SMILES string of the molecule is Cc1c(CNS(=O)(=O)c2ccc3[nH]c(=O)ccc3c2)noc1-c1ccccc1. The number of aromatic amines is 1. The number of fused-ring (bicyclic) bond motifs is 1. The van der Waals surface area contributed by atoms with Crippen molar-refractivity contribution in [2.75, 3.05) is 0 Å². The summed E-state index contributed by atoms with van der Waals surface area (Å²) in [5.41, 5.74) is 2.52. The van der Waals surface area contributed by atoms with E-state index in [2.05, 4.69) is 14.9 Å². The molecule has 0 fully saturated rings. The Hall–Kier alpha value is -3.23. The predicted octanol–water partition coefficient (Wildman–Crippen LogP) is 2.97. The molecule has 0 saturated heterocycles. The maximum absolute atomic E-state index is 12.7. The van der Waals surface area contributed by atoms with Gasteiger partial charge in [0.1, 0.15) is 5.69 Å². The highest BCUT2D eigenvalue weighted by Crippen LogP contribution is 2.25. The summed E-state index contributed by atoms with van der Waals surface area (Å²) in [4.78, 5) is 14.1. The molecule has 0 amide bonds. The van der Waals surface area contributed by atoms with Gasteiger partial charge < -0.3 is 9.51 Å². The predicted molar refractivity (Wildman–Crippen MR) is 105 cm³/mol. The van der Waals surface area contributed by atoms with Crippen LogP contribution in [-0.2, 0) is 16.6 Å². The van der Waals surface area contributed by atoms with Crippen molar-refractivity contribution in [1.29, 1.82) is 0 Å². The summed E-state index contributed by atoms with van der Waals surface area (Å²) in [7, 11) is -3.76. The third-order valence-corrected chi connectivity index (χ3v) is 5.89. The second-order valence-corrected chi connectivity index (χ2v) is 8.11. The van der Waals surface area contributed by atoms with Crippen molar-refractivity contribution in [1.82, 2.24) is 14.9 Å². The van der Waals surface area contributed by atoms with Crippen LogP contribution >= 0.6 is 0 Å². The van der Waals surface area contributed by atoms with Crippen LogP contribution in [0.3, 0.4) is 0 Å². The number of aromatic nitrogens is 2. The zero-order valence-corrected chi connectivity index (χ0v) is 15.8. The van der Waals surface area contributed by atoms with E-state index in [0.717, 1.165) is 11.1 Å². The molecule has 2 N–H and O–H groups in total. The Morgan fingerprint density at radius 2 is 1.86 bits per heavy atom. The molecule has 7 nitrogen and oxygen atoms in total. The highest BCUT2D eigenvalue weighted by Gasteiger charge is 2.18. The van der Waals surface area contributed by atoms with Crippen LogP contribution in [0, 0.1) is 6.92 Å². The molecule has 2 heterocycles. The van der Waals surface area contributed by atoms with Crippen molar-refractivity contribution in [2.45, 2.75) is 18.4 Å². The highest BCUT2D eigenvalue weighted by molar-refractivity contribution is 7.89. The normalized spacial score (nSPS) is 11.8. The van der Waals surface area contributed by atoms with Crippen LogP contribution in [0.2, 0.25) is 0 Å². The van der Waals surface area contributed by atoms with Gasteiger partial charge in [0.05, 0.1) is 11.4 Å². The Balaban J connectivity index is 1.57. The van der Waals surface area contributed by atoms with Crippen LogP contribution < -0.4 is 10.3 Å². The Labute approximate surface area is 161 Å². The minimum absolute atomic E-state index is 0.00810. The summed E-state index contributed by atoms with van der Waals surface area (Å²) < 4.78 is 33.3.